The summed E-state index contributed by atoms with van der Waals surface area (Å²) < 4.78 is 5.55. The second-order valence-corrected chi connectivity index (χ2v) is 5.21. The lowest BCUT2D eigenvalue weighted by Crippen LogP contribution is -2.23. The molecule has 118 valence electrons. The van der Waals surface area contributed by atoms with Crippen LogP contribution >= 0.6 is 12.4 Å². The molecule has 1 unspecified atom stereocenters. The maximum Gasteiger partial charge on any atom is 0.220 e. The number of amides is 1. The fourth-order valence-corrected chi connectivity index (χ4v) is 2.52. The fraction of sp³-hybridized carbons (Fsp3) is 0.562. The molecule has 0 radical (unpaired) electrons. The van der Waals surface area contributed by atoms with Crippen LogP contribution in [0.3, 0.4) is 0 Å². The number of nitrogens with one attached hydrogen (secondary N) is 2. The molecule has 1 aliphatic heterocycles. The van der Waals surface area contributed by atoms with E-state index in [1.165, 1.54) is 6.42 Å². The van der Waals surface area contributed by atoms with Crippen LogP contribution in [0.2, 0.25) is 0 Å². The van der Waals surface area contributed by atoms with Crippen molar-refractivity contribution in [3.63, 3.8) is 0 Å². The normalized spacial score (nSPS) is 17.1. The van der Waals surface area contributed by atoms with Gasteiger partial charge in [0, 0.05) is 18.5 Å². The minimum absolute atomic E-state index is 0. The summed E-state index contributed by atoms with van der Waals surface area (Å²) in [5.74, 6) is 1.65. The Bertz CT molecular complexity index is 434. The van der Waals surface area contributed by atoms with E-state index in [-0.39, 0.29) is 18.3 Å². The van der Waals surface area contributed by atoms with Crippen molar-refractivity contribution in [1.82, 2.24) is 10.6 Å². The number of halogens is 1. The highest BCUT2D eigenvalue weighted by molar-refractivity contribution is 5.85. The first-order valence-corrected chi connectivity index (χ1v) is 7.47. The van der Waals surface area contributed by atoms with E-state index in [9.17, 15) is 4.79 Å². The summed E-state index contributed by atoms with van der Waals surface area (Å²) in [5.41, 5.74) is 1.03. The molecular weight excluding hydrogens is 288 g/mol. The third-order valence-corrected chi connectivity index (χ3v) is 3.69. The van der Waals surface area contributed by atoms with Gasteiger partial charge in [-0.2, -0.15) is 0 Å². The van der Waals surface area contributed by atoms with Crippen LogP contribution in [0.25, 0.3) is 0 Å². The Morgan fingerprint density at radius 3 is 2.95 bits per heavy atom. The second kappa shape index (κ2) is 9.64. The third kappa shape index (κ3) is 5.94. The number of hydrogen-bond donors (Lipinski definition) is 2. The van der Waals surface area contributed by atoms with Gasteiger partial charge < -0.3 is 15.4 Å². The lowest BCUT2D eigenvalue weighted by Gasteiger charge is -2.12. The number of ether oxygens (including phenoxy) is 1. The van der Waals surface area contributed by atoms with Crippen molar-refractivity contribution in [2.75, 3.05) is 19.7 Å². The molecule has 5 heteroatoms. The first-order valence-electron chi connectivity index (χ1n) is 7.47. The van der Waals surface area contributed by atoms with Gasteiger partial charge in [-0.05, 0) is 44.8 Å². The van der Waals surface area contributed by atoms with E-state index < -0.39 is 0 Å². The van der Waals surface area contributed by atoms with Crippen molar-refractivity contribution < 1.29 is 9.53 Å². The van der Waals surface area contributed by atoms with Gasteiger partial charge in [0.1, 0.15) is 5.75 Å². The fourth-order valence-electron chi connectivity index (χ4n) is 2.52. The van der Waals surface area contributed by atoms with Crippen molar-refractivity contribution in [3.05, 3.63) is 29.8 Å². The number of hydrogen-bond acceptors (Lipinski definition) is 3. The maximum absolute atomic E-state index is 11.9. The van der Waals surface area contributed by atoms with Crippen LogP contribution < -0.4 is 15.4 Å². The number of carbonyl (C=O) groups is 1. The topological polar surface area (TPSA) is 50.4 Å². The lowest BCUT2D eigenvalue weighted by atomic mass is 10.0. The molecule has 4 nitrogen and oxygen atoms in total. The molecule has 1 aliphatic rings. The molecular formula is C16H25ClN2O2. The SMILES string of the molecule is CCOc1ccccc1CNC(=O)CCC1CCNC1.Cl. The summed E-state index contributed by atoms with van der Waals surface area (Å²) in [6.07, 6.45) is 2.79. The van der Waals surface area contributed by atoms with Crippen LogP contribution in [0.4, 0.5) is 0 Å². The van der Waals surface area contributed by atoms with Crippen LogP contribution in [-0.2, 0) is 11.3 Å². The van der Waals surface area contributed by atoms with Crippen LogP contribution in [0.15, 0.2) is 24.3 Å². The van der Waals surface area contributed by atoms with E-state index in [0.717, 1.165) is 30.8 Å². The smallest absolute Gasteiger partial charge is 0.220 e. The standard InChI is InChI=1S/C16H24N2O2.ClH/c1-2-20-15-6-4-3-5-14(15)12-18-16(19)8-7-13-9-10-17-11-13;/h3-6,13,17H,2,7-12H2,1H3,(H,18,19);1H. The van der Waals surface area contributed by atoms with Crippen molar-refractivity contribution in [3.8, 4) is 5.75 Å². The summed E-state index contributed by atoms with van der Waals surface area (Å²) in [6, 6.07) is 7.85. The van der Waals surface area contributed by atoms with Gasteiger partial charge in [0.2, 0.25) is 5.91 Å². The van der Waals surface area contributed by atoms with Gasteiger partial charge in [0.15, 0.2) is 0 Å². The van der Waals surface area contributed by atoms with E-state index in [2.05, 4.69) is 10.6 Å². The first-order chi connectivity index (χ1) is 9.79. The molecule has 1 aromatic carbocycles. The Labute approximate surface area is 133 Å². The highest BCUT2D eigenvalue weighted by atomic mass is 35.5. The van der Waals surface area contributed by atoms with Crippen molar-refractivity contribution >= 4 is 18.3 Å². The Morgan fingerprint density at radius 2 is 2.24 bits per heavy atom. The minimum atomic E-state index is 0. The van der Waals surface area contributed by atoms with Crippen LogP contribution in [0, 0.1) is 5.92 Å². The highest BCUT2D eigenvalue weighted by Crippen LogP contribution is 2.18. The molecule has 1 fully saturated rings. The Morgan fingerprint density at radius 1 is 1.43 bits per heavy atom. The quantitative estimate of drug-likeness (QED) is 0.813. The summed E-state index contributed by atoms with van der Waals surface area (Å²) in [4.78, 5) is 11.9. The minimum Gasteiger partial charge on any atom is -0.494 e. The van der Waals surface area contributed by atoms with E-state index >= 15 is 0 Å². The molecule has 2 N–H and O–H groups in total. The van der Waals surface area contributed by atoms with Crippen LogP contribution in [0.5, 0.6) is 5.75 Å². The molecule has 0 spiro atoms. The summed E-state index contributed by atoms with van der Waals surface area (Å²) in [6.45, 7) is 5.29. The zero-order valence-electron chi connectivity index (χ0n) is 12.6. The van der Waals surface area contributed by atoms with Crippen molar-refractivity contribution in [2.24, 2.45) is 5.92 Å². The molecule has 21 heavy (non-hydrogen) atoms. The van der Waals surface area contributed by atoms with Crippen LogP contribution in [0.1, 0.15) is 31.7 Å². The zero-order valence-corrected chi connectivity index (χ0v) is 13.4. The molecule has 0 saturated carbocycles. The molecule has 1 atom stereocenters. The van der Waals surface area contributed by atoms with Gasteiger partial charge in [-0.3, -0.25) is 4.79 Å². The average molecular weight is 313 g/mol. The van der Waals surface area contributed by atoms with Gasteiger partial charge >= 0.3 is 0 Å². The number of carbonyl (C=O) groups excluding carboxylic acids is 1. The number of rotatable bonds is 7. The molecule has 0 bridgehead atoms. The van der Waals surface area contributed by atoms with Gasteiger partial charge in [-0.1, -0.05) is 18.2 Å². The van der Waals surface area contributed by atoms with Crippen molar-refractivity contribution in [1.29, 1.82) is 0 Å². The molecule has 2 rings (SSSR count). The van der Waals surface area contributed by atoms with Gasteiger partial charge in [-0.25, -0.2) is 0 Å². The highest BCUT2D eigenvalue weighted by Gasteiger charge is 2.15. The number of benzene rings is 1. The van der Waals surface area contributed by atoms with Gasteiger partial charge in [0.25, 0.3) is 0 Å². The monoisotopic (exact) mass is 312 g/mol. The largest absolute Gasteiger partial charge is 0.494 e. The second-order valence-electron chi connectivity index (χ2n) is 5.21. The molecule has 1 heterocycles. The van der Waals surface area contributed by atoms with Gasteiger partial charge in [-0.15, -0.1) is 12.4 Å². The predicted molar refractivity (Wildman–Crippen MR) is 86.9 cm³/mol. The molecule has 0 aliphatic carbocycles. The Balaban J connectivity index is 0.00000220. The molecule has 1 aromatic rings. The Hall–Kier alpha value is -1.26. The zero-order chi connectivity index (χ0) is 14.2. The summed E-state index contributed by atoms with van der Waals surface area (Å²) >= 11 is 0. The van der Waals surface area contributed by atoms with E-state index in [0.29, 0.717) is 25.5 Å². The first kappa shape index (κ1) is 17.8. The molecule has 1 saturated heterocycles. The van der Waals surface area contributed by atoms with E-state index in [1.807, 2.05) is 31.2 Å². The predicted octanol–water partition coefficient (Wildman–Crippen LogP) is 2.51. The van der Waals surface area contributed by atoms with Crippen LogP contribution in [-0.4, -0.2) is 25.6 Å². The van der Waals surface area contributed by atoms with Gasteiger partial charge in [0.05, 0.1) is 6.61 Å². The van der Waals surface area contributed by atoms with Crippen molar-refractivity contribution in [2.45, 2.75) is 32.7 Å². The lowest BCUT2D eigenvalue weighted by molar-refractivity contribution is -0.121. The van der Waals surface area contributed by atoms with E-state index in [4.69, 9.17) is 4.74 Å². The average Bonchev–Trinajstić information content (AvgIpc) is 2.98. The Kier molecular flexibility index (Phi) is 8.16. The summed E-state index contributed by atoms with van der Waals surface area (Å²) in [5, 5.41) is 6.31. The third-order valence-electron chi connectivity index (χ3n) is 3.69. The summed E-state index contributed by atoms with van der Waals surface area (Å²) in [7, 11) is 0. The number of para-hydroxylation sites is 1. The maximum atomic E-state index is 11.9. The molecule has 0 aromatic heterocycles. The van der Waals surface area contributed by atoms with E-state index in [1.54, 1.807) is 0 Å². The molecule has 1 amide bonds.